The molecule has 0 aliphatic carbocycles. The van der Waals surface area contributed by atoms with Crippen molar-refractivity contribution in [2.24, 2.45) is 0 Å². The van der Waals surface area contributed by atoms with Gasteiger partial charge in [-0.2, -0.15) is 4.98 Å². The van der Waals surface area contributed by atoms with E-state index >= 15 is 0 Å². The highest BCUT2D eigenvalue weighted by molar-refractivity contribution is 7.90. The molecule has 2 rings (SSSR count). The first-order chi connectivity index (χ1) is 10.4. The summed E-state index contributed by atoms with van der Waals surface area (Å²) < 4.78 is 30.1. The lowest BCUT2D eigenvalue weighted by Crippen LogP contribution is -2.13. The van der Waals surface area contributed by atoms with Crippen molar-refractivity contribution in [1.82, 2.24) is 10.1 Å². The van der Waals surface area contributed by atoms with Crippen LogP contribution in [0.5, 0.6) is 0 Å². The smallest absolute Gasteiger partial charge is 0.244 e. The van der Waals surface area contributed by atoms with Crippen LogP contribution in [-0.2, 0) is 22.0 Å². The third-order valence-corrected chi connectivity index (χ3v) is 5.59. The van der Waals surface area contributed by atoms with Gasteiger partial charge in [0.15, 0.2) is 15.7 Å². The molecule has 1 aromatic carbocycles. The van der Waals surface area contributed by atoms with Gasteiger partial charge in [0.2, 0.25) is 5.89 Å². The molecule has 0 amide bonds. The van der Waals surface area contributed by atoms with Crippen LogP contribution < -0.4 is 0 Å². The van der Waals surface area contributed by atoms with Gasteiger partial charge in [-0.3, -0.25) is 0 Å². The van der Waals surface area contributed by atoms with Crippen LogP contribution >= 0.6 is 0 Å². The molecule has 0 aliphatic rings. The van der Waals surface area contributed by atoms with E-state index in [2.05, 4.69) is 17.1 Å². The average molecular weight is 322 g/mol. The number of hydrogen-bond acceptors (Lipinski definition) is 5. The minimum Gasteiger partial charge on any atom is -0.338 e. The van der Waals surface area contributed by atoms with Crippen molar-refractivity contribution in [1.29, 1.82) is 0 Å². The van der Waals surface area contributed by atoms with Crippen molar-refractivity contribution in [2.45, 2.75) is 51.0 Å². The Morgan fingerprint density at radius 1 is 1.32 bits per heavy atom. The molecule has 0 N–H and O–H groups in total. The fourth-order valence-corrected chi connectivity index (χ4v) is 3.48. The van der Waals surface area contributed by atoms with Crippen molar-refractivity contribution in [3.8, 4) is 0 Å². The molecule has 1 heterocycles. The third kappa shape index (κ3) is 4.16. The van der Waals surface area contributed by atoms with Crippen LogP contribution in [0.15, 0.2) is 28.8 Å². The predicted octanol–water partition coefficient (Wildman–Crippen LogP) is 3.40. The van der Waals surface area contributed by atoms with Crippen molar-refractivity contribution in [3.05, 3.63) is 47.1 Å². The molecule has 0 spiro atoms. The van der Waals surface area contributed by atoms with Gasteiger partial charge in [0.25, 0.3) is 0 Å². The first-order valence-electron chi connectivity index (χ1n) is 7.52. The fraction of sp³-hybridized carbons (Fsp3) is 0.500. The van der Waals surface area contributed by atoms with Gasteiger partial charge in [0.1, 0.15) is 5.25 Å². The molecule has 22 heavy (non-hydrogen) atoms. The molecule has 0 saturated heterocycles. The highest BCUT2D eigenvalue weighted by Crippen LogP contribution is 2.24. The highest BCUT2D eigenvalue weighted by Gasteiger charge is 2.28. The Labute approximate surface area is 131 Å². The zero-order valence-corrected chi connectivity index (χ0v) is 14.1. The Balaban J connectivity index is 2.13. The number of benzene rings is 1. The van der Waals surface area contributed by atoms with Gasteiger partial charge in [-0.15, -0.1) is 0 Å². The molecular weight excluding hydrogens is 300 g/mol. The van der Waals surface area contributed by atoms with Gasteiger partial charge in [0.05, 0.1) is 5.75 Å². The van der Waals surface area contributed by atoms with E-state index in [1.165, 1.54) is 0 Å². The lowest BCUT2D eigenvalue weighted by atomic mass is 10.2. The number of unbranched alkanes of at least 4 members (excludes halogenated alkanes) is 1. The lowest BCUT2D eigenvalue weighted by molar-refractivity contribution is 0.370. The maximum absolute atomic E-state index is 12.5. The van der Waals surface area contributed by atoms with Crippen molar-refractivity contribution < 1.29 is 12.9 Å². The molecule has 5 nitrogen and oxygen atoms in total. The van der Waals surface area contributed by atoms with Gasteiger partial charge in [-0.05, 0) is 25.8 Å². The normalized spacial score (nSPS) is 13.2. The molecule has 2 aromatic rings. The summed E-state index contributed by atoms with van der Waals surface area (Å²) in [5, 5.41) is 3.06. The van der Waals surface area contributed by atoms with Crippen LogP contribution in [-0.4, -0.2) is 18.6 Å². The second-order valence-corrected chi connectivity index (χ2v) is 7.91. The molecule has 1 atom stereocenters. The van der Waals surface area contributed by atoms with Gasteiger partial charge in [0, 0.05) is 6.42 Å². The molecule has 0 unspecified atom stereocenters. The van der Waals surface area contributed by atoms with Crippen LogP contribution in [0.2, 0.25) is 0 Å². The molecule has 6 heteroatoms. The molecule has 0 fully saturated rings. The van der Waals surface area contributed by atoms with E-state index in [1.54, 1.807) is 6.92 Å². The zero-order chi connectivity index (χ0) is 16.2. The number of aryl methyl sites for hydroxylation is 2. The van der Waals surface area contributed by atoms with Gasteiger partial charge >= 0.3 is 0 Å². The predicted molar refractivity (Wildman–Crippen MR) is 85.1 cm³/mol. The zero-order valence-electron chi connectivity index (χ0n) is 13.2. The summed E-state index contributed by atoms with van der Waals surface area (Å²) in [7, 11) is -3.39. The summed E-state index contributed by atoms with van der Waals surface area (Å²) >= 11 is 0. The molecule has 0 bridgehead atoms. The molecule has 0 radical (unpaired) electrons. The second kappa shape index (κ2) is 7.05. The monoisotopic (exact) mass is 322 g/mol. The molecular formula is C16H22N2O3S. The van der Waals surface area contributed by atoms with E-state index in [1.807, 2.05) is 31.2 Å². The summed E-state index contributed by atoms with van der Waals surface area (Å²) in [4.78, 5) is 4.22. The summed E-state index contributed by atoms with van der Waals surface area (Å²) in [6.45, 7) is 5.62. The molecule has 0 aliphatic heterocycles. The summed E-state index contributed by atoms with van der Waals surface area (Å²) in [5.74, 6) is 0.732. The number of sulfone groups is 1. The van der Waals surface area contributed by atoms with E-state index < -0.39 is 15.1 Å². The standard InChI is InChI=1S/C16H22N2O3S/c1-4-5-9-15-17-16(21-18-15)13(3)22(19,20)11-14-8-6-7-12(2)10-14/h6-8,10,13H,4-5,9,11H2,1-3H3/t13-/m0/s1. The Hall–Kier alpha value is -1.69. The highest BCUT2D eigenvalue weighted by atomic mass is 32.2. The number of hydrogen-bond donors (Lipinski definition) is 0. The fourth-order valence-electron chi connectivity index (χ4n) is 2.18. The minimum absolute atomic E-state index is 0.0253. The van der Waals surface area contributed by atoms with E-state index in [9.17, 15) is 8.42 Å². The molecule has 1 aromatic heterocycles. The Bertz CT molecular complexity index is 722. The van der Waals surface area contributed by atoms with Crippen molar-refractivity contribution in [2.75, 3.05) is 0 Å². The maximum atomic E-state index is 12.5. The van der Waals surface area contributed by atoms with Crippen LogP contribution in [0.3, 0.4) is 0 Å². The minimum atomic E-state index is -3.39. The first kappa shape index (κ1) is 16.7. The second-order valence-electron chi connectivity index (χ2n) is 5.59. The maximum Gasteiger partial charge on any atom is 0.244 e. The number of rotatable bonds is 7. The molecule has 120 valence electrons. The van der Waals surface area contributed by atoms with Crippen LogP contribution in [0.4, 0.5) is 0 Å². The first-order valence-corrected chi connectivity index (χ1v) is 9.23. The van der Waals surface area contributed by atoms with Crippen LogP contribution in [0.1, 0.15) is 54.8 Å². The quantitative estimate of drug-likeness (QED) is 0.781. The van der Waals surface area contributed by atoms with Crippen molar-refractivity contribution >= 4 is 9.84 Å². The lowest BCUT2D eigenvalue weighted by Gasteiger charge is -2.09. The third-order valence-electron chi connectivity index (χ3n) is 3.57. The van der Waals surface area contributed by atoms with E-state index in [-0.39, 0.29) is 11.6 Å². The summed E-state index contributed by atoms with van der Waals surface area (Å²) in [6, 6.07) is 7.50. The SMILES string of the molecule is CCCCc1noc([C@H](C)S(=O)(=O)Cc2cccc(C)c2)n1. The topological polar surface area (TPSA) is 73.1 Å². The largest absolute Gasteiger partial charge is 0.338 e. The number of aromatic nitrogens is 2. The van der Waals surface area contributed by atoms with Gasteiger partial charge < -0.3 is 4.52 Å². The van der Waals surface area contributed by atoms with E-state index in [4.69, 9.17) is 4.52 Å². The van der Waals surface area contributed by atoms with Gasteiger partial charge in [-0.1, -0.05) is 48.3 Å². The van der Waals surface area contributed by atoms with Crippen LogP contribution in [0, 0.1) is 6.92 Å². The van der Waals surface area contributed by atoms with E-state index in [0.717, 1.165) is 24.0 Å². The average Bonchev–Trinajstić information content (AvgIpc) is 2.92. The summed E-state index contributed by atoms with van der Waals surface area (Å²) in [6.07, 6.45) is 2.71. The Morgan fingerprint density at radius 2 is 2.09 bits per heavy atom. The summed E-state index contributed by atoms with van der Waals surface area (Å²) in [5.41, 5.74) is 1.82. The number of nitrogens with zero attached hydrogens (tertiary/aromatic N) is 2. The van der Waals surface area contributed by atoms with Gasteiger partial charge in [-0.25, -0.2) is 8.42 Å². The van der Waals surface area contributed by atoms with Crippen molar-refractivity contribution in [3.63, 3.8) is 0 Å². The molecule has 0 saturated carbocycles. The van der Waals surface area contributed by atoms with Crippen LogP contribution in [0.25, 0.3) is 0 Å². The Morgan fingerprint density at radius 3 is 2.77 bits per heavy atom. The Kier molecular flexibility index (Phi) is 5.34. The van der Waals surface area contributed by atoms with E-state index in [0.29, 0.717) is 12.2 Å².